The highest BCUT2D eigenvalue weighted by molar-refractivity contribution is 5.88. The maximum absolute atomic E-state index is 13.8. The first kappa shape index (κ1) is 23.3. The summed E-state index contributed by atoms with van der Waals surface area (Å²) in [6.45, 7) is 3.04. The highest BCUT2D eigenvalue weighted by Gasteiger charge is 2.33. The maximum Gasteiger partial charge on any atom is 0.252 e. The molecule has 0 atom stereocenters. The number of fused-ring (bicyclic) bond motifs is 1. The summed E-state index contributed by atoms with van der Waals surface area (Å²) in [4.78, 5) is 21.9. The lowest BCUT2D eigenvalue weighted by Crippen LogP contribution is -2.44. The molecule has 0 radical (unpaired) electrons. The van der Waals surface area contributed by atoms with E-state index in [0.717, 1.165) is 60.6 Å². The van der Waals surface area contributed by atoms with Crippen LogP contribution in [0, 0.1) is 30.0 Å². The molecule has 0 N–H and O–H groups in total. The van der Waals surface area contributed by atoms with Gasteiger partial charge in [-0.05, 0) is 87.3 Å². The van der Waals surface area contributed by atoms with Gasteiger partial charge in [0.05, 0.1) is 11.2 Å². The van der Waals surface area contributed by atoms with Crippen molar-refractivity contribution in [3.8, 4) is 6.07 Å². The zero-order valence-corrected chi connectivity index (χ0v) is 20.7. The van der Waals surface area contributed by atoms with Crippen molar-refractivity contribution in [1.29, 1.82) is 5.26 Å². The Bertz CT molecular complexity index is 1350. The summed E-state index contributed by atoms with van der Waals surface area (Å²) in [7, 11) is 3.77. The molecule has 7 heteroatoms. The zero-order valence-electron chi connectivity index (χ0n) is 20.7. The van der Waals surface area contributed by atoms with Crippen molar-refractivity contribution in [2.75, 3.05) is 23.4 Å². The SMILES string of the molecule is Cc1cc(F)ccc1N(CC1CC1)C1CCC(N(C)c2cc(=O)n(C)c3ccc(C#N)nc23)CC1. The van der Waals surface area contributed by atoms with Crippen LogP contribution in [0.25, 0.3) is 11.0 Å². The summed E-state index contributed by atoms with van der Waals surface area (Å²) < 4.78 is 15.4. The molecule has 0 amide bonds. The summed E-state index contributed by atoms with van der Waals surface area (Å²) >= 11 is 0. The van der Waals surface area contributed by atoms with Gasteiger partial charge < -0.3 is 14.4 Å². The molecule has 6 nitrogen and oxygen atoms in total. The average molecular weight is 474 g/mol. The third kappa shape index (κ3) is 4.62. The third-order valence-corrected chi connectivity index (χ3v) is 7.84. The predicted molar refractivity (Wildman–Crippen MR) is 137 cm³/mol. The molecule has 2 aliphatic rings. The normalized spacial score (nSPS) is 20.0. The molecule has 2 fully saturated rings. The molecule has 5 rings (SSSR count). The van der Waals surface area contributed by atoms with E-state index in [9.17, 15) is 14.4 Å². The highest BCUT2D eigenvalue weighted by atomic mass is 19.1. The summed E-state index contributed by atoms with van der Waals surface area (Å²) in [5, 5.41) is 9.36. The van der Waals surface area contributed by atoms with Crippen LogP contribution in [-0.4, -0.2) is 35.2 Å². The molecule has 0 saturated heterocycles. The van der Waals surface area contributed by atoms with Crippen LogP contribution < -0.4 is 15.4 Å². The van der Waals surface area contributed by atoms with Crippen LogP contribution in [0.4, 0.5) is 15.8 Å². The Morgan fingerprint density at radius 1 is 1.06 bits per heavy atom. The van der Waals surface area contributed by atoms with Gasteiger partial charge in [0, 0.05) is 44.5 Å². The van der Waals surface area contributed by atoms with Crippen LogP contribution in [0.2, 0.25) is 0 Å². The van der Waals surface area contributed by atoms with Gasteiger partial charge in [-0.25, -0.2) is 9.37 Å². The fourth-order valence-corrected chi connectivity index (χ4v) is 5.56. The minimum atomic E-state index is -0.183. The first-order valence-electron chi connectivity index (χ1n) is 12.5. The quantitative estimate of drug-likeness (QED) is 0.509. The van der Waals surface area contributed by atoms with Crippen LogP contribution in [0.5, 0.6) is 0 Å². The van der Waals surface area contributed by atoms with Crippen LogP contribution in [0.1, 0.15) is 49.8 Å². The molecule has 0 aliphatic heterocycles. The Morgan fingerprint density at radius 2 is 1.77 bits per heavy atom. The lowest BCUT2D eigenvalue weighted by Gasteiger charge is -2.42. The molecule has 2 aliphatic carbocycles. The van der Waals surface area contributed by atoms with Crippen molar-refractivity contribution >= 4 is 22.4 Å². The van der Waals surface area contributed by atoms with E-state index in [0.29, 0.717) is 17.3 Å². The number of nitriles is 1. The van der Waals surface area contributed by atoms with Crippen molar-refractivity contribution in [2.24, 2.45) is 13.0 Å². The Kier molecular flexibility index (Phi) is 6.22. The monoisotopic (exact) mass is 473 g/mol. The first-order valence-corrected chi connectivity index (χ1v) is 12.5. The summed E-state index contributed by atoms with van der Waals surface area (Å²) in [5.74, 6) is 0.560. The predicted octanol–water partition coefficient (Wildman–Crippen LogP) is 4.92. The fourth-order valence-electron chi connectivity index (χ4n) is 5.56. The summed E-state index contributed by atoms with van der Waals surface area (Å²) in [6, 6.07) is 13.1. The maximum atomic E-state index is 13.8. The number of rotatable bonds is 6. The van der Waals surface area contributed by atoms with Gasteiger partial charge in [0.1, 0.15) is 23.1 Å². The molecule has 2 heterocycles. The van der Waals surface area contributed by atoms with Crippen molar-refractivity contribution < 1.29 is 4.39 Å². The van der Waals surface area contributed by atoms with Crippen LogP contribution >= 0.6 is 0 Å². The van der Waals surface area contributed by atoms with Gasteiger partial charge in [-0.2, -0.15) is 5.26 Å². The van der Waals surface area contributed by atoms with Gasteiger partial charge in [-0.15, -0.1) is 0 Å². The number of anilines is 2. The van der Waals surface area contributed by atoms with Crippen LogP contribution in [0.3, 0.4) is 0 Å². The van der Waals surface area contributed by atoms with Gasteiger partial charge in [0.25, 0.3) is 5.56 Å². The zero-order chi connectivity index (χ0) is 24.7. The van der Waals surface area contributed by atoms with Gasteiger partial charge in [0.2, 0.25) is 0 Å². The third-order valence-electron chi connectivity index (χ3n) is 7.84. The Hall–Kier alpha value is -3.40. The lowest BCUT2D eigenvalue weighted by molar-refractivity contribution is 0.365. The van der Waals surface area contributed by atoms with Gasteiger partial charge >= 0.3 is 0 Å². The largest absolute Gasteiger partial charge is 0.370 e. The number of aromatic nitrogens is 2. The molecule has 182 valence electrons. The lowest BCUT2D eigenvalue weighted by atomic mass is 9.88. The molecule has 1 aromatic carbocycles. The molecule has 2 aromatic heterocycles. The van der Waals surface area contributed by atoms with E-state index in [4.69, 9.17) is 0 Å². The number of nitrogens with zero attached hydrogens (tertiary/aromatic N) is 5. The van der Waals surface area contributed by atoms with Gasteiger partial charge in [0.15, 0.2) is 0 Å². The van der Waals surface area contributed by atoms with E-state index in [1.54, 1.807) is 41.9 Å². The van der Waals surface area contributed by atoms with Crippen molar-refractivity contribution in [1.82, 2.24) is 9.55 Å². The van der Waals surface area contributed by atoms with Crippen LogP contribution in [-0.2, 0) is 7.05 Å². The number of pyridine rings is 2. The Balaban J connectivity index is 1.38. The van der Waals surface area contributed by atoms with Crippen molar-refractivity contribution in [3.05, 3.63) is 63.8 Å². The Morgan fingerprint density at radius 3 is 2.43 bits per heavy atom. The van der Waals surface area contributed by atoms with E-state index in [1.807, 2.05) is 20.0 Å². The molecule has 35 heavy (non-hydrogen) atoms. The molecule has 0 bridgehead atoms. The van der Waals surface area contributed by atoms with Crippen molar-refractivity contribution in [3.63, 3.8) is 0 Å². The minimum Gasteiger partial charge on any atom is -0.370 e. The number of benzene rings is 1. The standard InChI is InChI=1S/C28H32FN5O/c1-18-14-20(29)6-12-24(18)34(17-19-4-5-19)23-10-8-22(9-11-23)32(2)26-15-27(35)33(3)25-13-7-21(16-30)31-28(25)26/h6-7,12-15,19,22-23H,4-5,8-11,17H2,1-3H3. The molecular formula is C28H32FN5O. The number of halogens is 1. The Labute approximate surface area is 205 Å². The van der Waals surface area contributed by atoms with Crippen molar-refractivity contribution in [2.45, 2.75) is 57.5 Å². The molecule has 2 saturated carbocycles. The van der Waals surface area contributed by atoms with E-state index >= 15 is 0 Å². The molecule has 0 unspecified atom stereocenters. The minimum absolute atomic E-state index is 0.0815. The molecule has 3 aromatic rings. The summed E-state index contributed by atoms with van der Waals surface area (Å²) in [5.41, 5.74) is 4.62. The van der Waals surface area contributed by atoms with Gasteiger partial charge in [-0.1, -0.05) is 0 Å². The number of hydrogen-bond acceptors (Lipinski definition) is 5. The topological polar surface area (TPSA) is 65.2 Å². The highest BCUT2D eigenvalue weighted by Crippen LogP contribution is 2.38. The second kappa shape index (κ2) is 9.33. The van der Waals surface area contributed by atoms with E-state index in [-0.39, 0.29) is 17.4 Å². The first-order chi connectivity index (χ1) is 16.9. The second-order valence-electron chi connectivity index (χ2n) is 10.2. The molecule has 0 spiro atoms. The summed E-state index contributed by atoms with van der Waals surface area (Å²) in [6.07, 6.45) is 6.63. The number of aryl methyl sites for hydroxylation is 2. The van der Waals surface area contributed by atoms with Gasteiger partial charge in [-0.3, -0.25) is 4.79 Å². The average Bonchev–Trinajstić information content (AvgIpc) is 3.69. The van der Waals surface area contributed by atoms with E-state index in [2.05, 4.69) is 20.9 Å². The van der Waals surface area contributed by atoms with E-state index in [1.165, 1.54) is 12.8 Å². The fraction of sp³-hybridized carbons (Fsp3) is 0.464. The van der Waals surface area contributed by atoms with Crippen LogP contribution in [0.15, 0.2) is 41.2 Å². The smallest absolute Gasteiger partial charge is 0.252 e. The molecular weight excluding hydrogens is 441 g/mol. The van der Waals surface area contributed by atoms with E-state index < -0.39 is 0 Å². The number of hydrogen-bond donors (Lipinski definition) is 0. The second-order valence-corrected chi connectivity index (χ2v) is 10.2.